The molecular weight excluding hydrogens is 325 g/mol. The predicted octanol–water partition coefficient (Wildman–Crippen LogP) is 2.12. The first-order valence-corrected chi connectivity index (χ1v) is 7.73. The van der Waals surface area contributed by atoms with Crippen LogP contribution in [0.5, 0.6) is 5.88 Å². The Hall–Kier alpha value is -3.36. The van der Waals surface area contributed by atoms with E-state index in [0.717, 1.165) is 0 Å². The second-order valence-corrected chi connectivity index (χ2v) is 5.23. The third kappa shape index (κ3) is 2.80. The number of aryl methyl sites for hydroxylation is 1. The summed E-state index contributed by atoms with van der Waals surface area (Å²) in [5.41, 5.74) is 0.827. The van der Waals surface area contributed by atoms with E-state index in [-0.39, 0.29) is 12.4 Å². The van der Waals surface area contributed by atoms with Crippen molar-refractivity contribution in [2.24, 2.45) is 0 Å². The molecule has 3 heterocycles. The quantitative estimate of drug-likeness (QED) is 0.554. The second-order valence-electron chi connectivity index (χ2n) is 5.23. The van der Waals surface area contributed by atoms with E-state index in [2.05, 4.69) is 25.4 Å². The number of hydrogen-bond acceptors (Lipinski definition) is 6. The van der Waals surface area contributed by atoms with Crippen molar-refractivity contribution in [2.45, 2.75) is 20.1 Å². The highest BCUT2D eigenvalue weighted by atomic mass is 19.1. The lowest BCUT2D eigenvalue weighted by atomic mass is 10.2. The standard InChI is InChI=1S/C16H14FN7O/c1-2-23-14(18-10-19-23)9-25-15-8-7-13-20-21-16(24(13)22-15)11-5-3-4-6-12(11)17/h3-8,10H,2,9H2,1H3. The fourth-order valence-corrected chi connectivity index (χ4v) is 2.46. The molecule has 0 unspecified atom stereocenters. The van der Waals surface area contributed by atoms with E-state index in [0.29, 0.717) is 35.3 Å². The fraction of sp³-hybridized carbons (Fsp3) is 0.188. The lowest BCUT2D eigenvalue weighted by Crippen LogP contribution is -2.08. The highest BCUT2D eigenvalue weighted by Gasteiger charge is 2.14. The van der Waals surface area contributed by atoms with E-state index in [1.54, 1.807) is 35.0 Å². The van der Waals surface area contributed by atoms with Gasteiger partial charge in [-0.15, -0.1) is 15.3 Å². The Labute approximate surface area is 141 Å². The van der Waals surface area contributed by atoms with Gasteiger partial charge in [-0.2, -0.15) is 9.61 Å². The Kier molecular flexibility index (Phi) is 3.81. The molecule has 0 spiro atoms. The van der Waals surface area contributed by atoms with Crippen LogP contribution in [0.15, 0.2) is 42.7 Å². The summed E-state index contributed by atoms with van der Waals surface area (Å²) < 4.78 is 22.9. The van der Waals surface area contributed by atoms with Gasteiger partial charge in [0.2, 0.25) is 5.88 Å². The molecule has 126 valence electrons. The molecule has 0 N–H and O–H groups in total. The molecule has 0 bridgehead atoms. The van der Waals surface area contributed by atoms with Gasteiger partial charge in [0.25, 0.3) is 0 Å². The zero-order valence-corrected chi connectivity index (χ0v) is 13.4. The Balaban J connectivity index is 1.66. The molecule has 25 heavy (non-hydrogen) atoms. The van der Waals surface area contributed by atoms with Crippen LogP contribution in [0.1, 0.15) is 12.7 Å². The first-order chi connectivity index (χ1) is 12.3. The summed E-state index contributed by atoms with van der Waals surface area (Å²) in [4.78, 5) is 4.15. The van der Waals surface area contributed by atoms with Crippen molar-refractivity contribution in [1.29, 1.82) is 0 Å². The summed E-state index contributed by atoms with van der Waals surface area (Å²) >= 11 is 0. The summed E-state index contributed by atoms with van der Waals surface area (Å²) in [7, 11) is 0. The van der Waals surface area contributed by atoms with Crippen LogP contribution in [-0.2, 0) is 13.2 Å². The van der Waals surface area contributed by atoms with Crippen molar-refractivity contribution in [3.8, 4) is 17.3 Å². The molecule has 0 amide bonds. The van der Waals surface area contributed by atoms with E-state index in [9.17, 15) is 4.39 Å². The summed E-state index contributed by atoms with van der Waals surface area (Å²) in [5.74, 6) is 0.981. The molecule has 0 aliphatic rings. The van der Waals surface area contributed by atoms with Gasteiger partial charge in [0.05, 0.1) is 5.56 Å². The third-order valence-corrected chi connectivity index (χ3v) is 3.70. The van der Waals surface area contributed by atoms with Gasteiger partial charge >= 0.3 is 0 Å². The second kappa shape index (κ2) is 6.27. The number of nitrogens with zero attached hydrogens (tertiary/aromatic N) is 7. The molecule has 3 aromatic heterocycles. The van der Waals surface area contributed by atoms with Gasteiger partial charge in [0.15, 0.2) is 17.3 Å². The highest BCUT2D eigenvalue weighted by Crippen LogP contribution is 2.21. The molecule has 9 heteroatoms. The van der Waals surface area contributed by atoms with Crippen LogP contribution in [0, 0.1) is 5.82 Å². The molecule has 4 rings (SSSR count). The summed E-state index contributed by atoms with van der Waals surface area (Å²) in [6, 6.07) is 9.75. The average Bonchev–Trinajstić information content (AvgIpc) is 3.26. The van der Waals surface area contributed by atoms with Crippen LogP contribution in [-0.4, -0.2) is 34.6 Å². The molecule has 0 saturated heterocycles. The van der Waals surface area contributed by atoms with Crippen LogP contribution in [0.2, 0.25) is 0 Å². The van der Waals surface area contributed by atoms with E-state index in [1.165, 1.54) is 16.9 Å². The Bertz CT molecular complexity index is 1030. The van der Waals surface area contributed by atoms with E-state index in [4.69, 9.17) is 4.74 Å². The lowest BCUT2D eigenvalue weighted by Gasteiger charge is -2.06. The average molecular weight is 339 g/mol. The Morgan fingerprint density at radius 3 is 2.84 bits per heavy atom. The minimum absolute atomic E-state index is 0.226. The van der Waals surface area contributed by atoms with Crippen LogP contribution >= 0.6 is 0 Å². The number of benzene rings is 1. The monoisotopic (exact) mass is 339 g/mol. The van der Waals surface area contributed by atoms with E-state index >= 15 is 0 Å². The molecule has 0 fully saturated rings. The zero-order chi connectivity index (χ0) is 17.2. The van der Waals surface area contributed by atoms with Gasteiger partial charge in [0.1, 0.15) is 18.8 Å². The molecule has 0 aliphatic heterocycles. The number of halogens is 1. The van der Waals surface area contributed by atoms with Gasteiger partial charge in [-0.1, -0.05) is 12.1 Å². The van der Waals surface area contributed by atoms with E-state index in [1.807, 2.05) is 6.92 Å². The maximum Gasteiger partial charge on any atom is 0.232 e. The zero-order valence-electron chi connectivity index (χ0n) is 13.4. The molecule has 0 atom stereocenters. The van der Waals surface area contributed by atoms with Crippen LogP contribution in [0.25, 0.3) is 17.0 Å². The number of rotatable bonds is 5. The smallest absolute Gasteiger partial charge is 0.232 e. The topological polar surface area (TPSA) is 83.0 Å². The maximum absolute atomic E-state index is 14.0. The van der Waals surface area contributed by atoms with Crippen molar-refractivity contribution in [2.75, 3.05) is 0 Å². The highest BCUT2D eigenvalue weighted by molar-refractivity contribution is 5.59. The Morgan fingerprint density at radius 1 is 1.12 bits per heavy atom. The minimum atomic E-state index is -0.388. The largest absolute Gasteiger partial charge is 0.468 e. The van der Waals surface area contributed by atoms with Gasteiger partial charge in [-0.05, 0) is 25.1 Å². The molecule has 0 radical (unpaired) electrons. The minimum Gasteiger partial charge on any atom is -0.468 e. The van der Waals surface area contributed by atoms with Crippen LogP contribution in [0.3, 0.4) is 0 Å². The molecule has 1 aromatic carbocycles. The molecular formula is C16H14FN7O. The summed E-state index contributed by atoms with van der Waals surface area (Å²) in [5, 5.41) is 16.5. The Morgan fingerprint density at radius 2 is 2.00 bits per heavy atom. The maximum atomic E-state index is 14.0. The van der Waals surface area contributed by atoms with Crippen LogP contribution in [0.4, 0.5) is 4.39 Å². The summed E-state index contributed by atoms with van der Waals surface area (Å²) in [6.07, 6.45) is 1.48. The normalized spacial score (nSPS) is 11.1. The molecule has 0 aliphatic carbocycles. The van der Waals surface area contributed by atoms with Crippen molar-refractivity contribution >= 4 is 5.65 Å². The predicted molar refractivity (Wildman–Crippen MR) is 86.2 cm³/mol. The van der Waals surface area contributed by atoms with Crippen molar-refractivity contribution in [3.05, 3.63) is 54.4 Å². The van der Waals surface area contributed by atoms with Gasteiger partial charge in [-0.3, -0.25) is 0 Å². The van der Waals surface area contributed by atoms with Crippen LogP contribution < -0.4 is 4.74 Å². The van der Waals surface area contributed by atoms with Crippen molar-refractivity contribution in [3.63, 3.8) is 0 Å². The number of hydrogen-bond donors (Lipinski definition) is 0. The third-order valence-electron chi connectivity index (χ3n) is 3.70. The van der Waals surface area contributed by atoms with Gasteiger partial charge in [0, 0.05) is 12.6 Å². The molecule has 4 aromatic rings. The lowest BCUT2D eigenvalue weighted by molar-refractivity contribution is 0.272. The summed E-state index contributed by atoms with van der Waals surface area (Å²) in [6.45, 7) is 2.90. The number of ether oxygens (including phenoxy) is 1. The van der Waals surface area contributed by atoms with Gasteiger partial charge < -0.3 is 4.74 Å². The number of aromatic nitrogens is 7. The SMILES string of the molecule is CCn1ncnc1COc1ccc2nnc(-c3ccccc3F)n2n1. The van der Waals surface area contributed by atoms with E-state index < -0.39 is 0 Å². The first-order valence-electron chi connectivity index (χ1n) is 7.73. The van der Waals surface area contributed by atoms with Crippen molar-refractivity contribution < 1.29 is 9.13 Å². The first kappa shape index (κ1) is 15.2. The molecule has 0 saturated carbocycles. The molecule has 8 nitrogen and oxygen atoms in total. The fourth-order valence-electron chi connectivity index (χ4n) is 2.46. The number of fused-ring (bicyclic) bond motifs is 1. The van der Waals surface area contributed by atoms with Crippen molar-refractivity contribution in [1.82, 2.24) is 34.6 Å². The van der Waals surface area contributed by atoms with Gasteiger partial charge in [-0.25, -0.2) is 14.1 Å².